The SMILES string of the molecule is CC1(C)c2ccccc2-c2cc(-c3ccc4c(c3)c3cccc(-c5cc(-c6ccccc6)nc(-c6ccccc6)n5)c3n4-c3ccccc3-c3ccccc3)ccc21. The van der Waals surface area contributed by atoms with E-state index in [9.17, 15) is 0 Å². The van der Waals surface area contributed by atoms with Crippen molar-refractivity contribution in [2.45, 2.75) is 19.3 Å². The summed E-state index contributed by atoms with van der Waals surface area (Å²) in [6, 6.07) is 71.9. The summed E-state index contributed by atoms with van der Waals surface area (Å²) in [7, 11) is 0. The molecule has 0 saturated carbocycles. The highest BCUT2D eigenvalue weighted by atomic mass is 15.0. The molecule has 1 aliphatic rings. The lowest BCUT2D eigenvalue weighted by atomic mass is 9.82. The Morgan fingerprint density at radius 3 is 1.74 bits per heavy atom. The van der Waals surface area contributed by atoms with Gasteiger partial charge in [0.1, 0.15) is 0 Å². The smallest absolute Gasteiger partial charge is 0.160 e. The van der Waals surface area contributed by atoms with Gasteiger partial charge < -0.3 is 4.57 Å². The summed E-state index contributed by atoms with van der Waals surface area (Å²) in [6.07, 6.45) is 0. The third-order valence-corrected chi connectivity index (χ3v) is 12.0. The molecule has 0 saturated heterocycles. The summed E-state index contributed by atoms with van der Waals surface area (Å²) in [5, 5.41) is 2.37. The van der Waals surface area contributed by atoms with E-state index >= 15 is 0 Å². The van der Waals surface area contributed by atoms with Crippen molar-refractivity contribution in [1.29, 1.82) is 0 Å². The van der Waals surface area contributed by atoms with Crippen molar-refractivity contribution in [3.8, 4) is 73.0 Å². The van der Waals surface area contributed by atoms with Gasteiger partial charge in [-0.3, -0.25) is 0 Å². The number of aromatic nitrogens is 3. The summed E-state index contributed by atoms with van der Waals surface area (Å²) < 4.78 is 2.46. The first-order valence-corrected chi connectivity index (χ1v) is 20.0. The molecule has 11 rings (SSSR count). The van der Waals surface area contributed by atoms with Crippen LogP contribution in [0.5, 0.6) is 0 Å². The third-order valence-electron chi connectivity index (χ3n) is 12.0. The predicted octanol–water partition coefficient (Wildman–Crippen LogP) is 14.2. The summed E-state index contributed by atoms with van der Waals surface area (Å²) in [4.78, 5) is 10.5. The van der Waals surface area contributed by atoms with Crippen molar-refractivity contribution in [1.82, 2.24) is 14.5 Å². The molecule has 10 aromatic rings. The van der Waals surface area contributed by atoms with Crippen LogP contribution in [0, 0.1) is 0 Å². The average molecular weight is 742 g/mol. The highest BCUT2D eigenvalue weighted by molar-refractivity contribution is 6.15. The first kappa shape index (κ1) is 33.9. The van der Waals surface area contributed by atoms with Crippen LogP contribution in [0.15, 0.2) is 200 Å². The molecule has 0 fully saturated rings. The van der Waals surface area contributed by atoms with Gasteiger partial charge in [0.15, 0.2) is 5.82 Å². The molecule has 0 N–H and O–H groups in total. The topological polar surface area (TPSA) is 30.7 Å². The Labute approximate surface area is 338 Å². The van der Waals surface area contributed by atoms with Gasteiger partial charge in [0.05, 0.1) is 28.1 Å². The minimum atomic E-state index is -0.0356. The fourth-order valence-electron chi connectivity index (χ4n) is 9.19. The molecule has 0 spiro atoms. The van der Waals surface area contributed by atoms with Gasteiger partial charge in [0, 0.05) is 38.4 Å². The largest absolute Gasteiger partial charge is 0.308 e. The summed E-state index contributed by atoms with van der Waals surface area (Å²) in [6.45, 7) is 4.68. The lowest BCUT2D eigenvalue weighted by Crippen LogP contribution is -2.14. The number of fused-ring (bicyclic) bond motifs is 6. The first-order chi connectivity index (χ1) is 28.5. The van der Waals surface area contributed by atoms with Gasteiger partial charge in [-0.1, -0.05) is 184 Å². The molecule has 58 heavy (non-hydrogen) atoms. The molecule has 0 radical (unpaired) electrons. The lowest BCUT2D eigenvalue weighted by molar-refractivity contribution is 0.660. The number of hydrogen-bond donors (Lipinski definition) is 0. The molecule has 2 heterocycles. The van der Waals surface area contributed by atoms with Crippen LogP contribution in [0.3, 0.4) is 0 Å². The summed E-state index contributed by atoms with van der Waals surface area (Å²) >= 11 is 0. The maximum atomic E-state index is 5.34. The van der Waals surface area contributed by atoms with E-state index in [0.29, 0.717) is 5.82 Å². The highest BCUT2D eigenvalue weighted by Gasteiger charge is 2.35. The van der Waals surface area contributed by atoms with Gasteiger partial charge in [-0.2, -0.15) is 0 Å². The van der Waals surface area contributed by atoms with Gasteiger partial charge in [-0.15, -0.1) is 0 Å². The number of para-hydroxylation sites is 2. The van der Waals surface area contributed by atoms with E-state index in [1.165, 1.54) is 55.3 Å². The van der Waals surface area contributed by atoms with Crippen molar-refractivity contribution < 1.29 is 0 Å². The van der Waals surface area contributed by atoms with Crippen molar-refractivity contribution in [2.75, 3.05) is 0 Å². The van der Waals surface area contributed by atoms with Gasteiger partial charge >= 0.3 is 0 Å². The van der Waals surface area contributed by atoms with Crippen LogP contribution < -0.4 is 0 Å². The van der Waals surface area contributed by atoms with E-state index in [-0.39, 0.29) is 5.41 Å². The van der Waals surface area contributed by atoms with Crippen LogP contribution in [-0.2, 0) is 5.41 Å². The Morgan fingerprint density at radius 2 is 0.966 bits per heavy atom. The molecule has 0 bridgehead atoms. The molecule has 0 atom stereocenters. The Bertz CT molecular complexity index is 3120. The minimum absolute atomic E-state index is 0.0356. The van der Waals surface area contributed by atoms with Gasteiger partial charge in [0.25, 0.3) is 0 Å². The zero-order valence-electron chi connectivity index (χ0n) is 32.4. The van der Waals surface area contributed by atoms with Crippen LogP contribution in [0.1, 0.15) is 25.0 Å². The van der Waals surface area contributed by atoms with E-state index in [1.54, 1.807) is 0 Å². The van der Waals surface area contributed by atoms with Crippen LogP contribution in [0.25, 0.3) is 94.8 Å². The molecule has 3 nitrogen and oxygen atoms in total. The highest BCUT2D eigenvalue weighted by Crippen LogP contribution is 2.50. The second-order valence-electron chi connectivity index (χ2n) is 15.8. The number of benzene rings is 8. The van der Waals surface area contributed by atoms with E-state index < -0.39 is 0 Å². The molecule has 0 aliphatic heterocycles. The van der Waals surface area contributed by atoms with Crippen LogP contribution in [-0.4, -0.2) is 14.5 Å². The predicted molar refractivity (Wildman–Crippen MR) is 241 cm³/mol. The van der Waals surface area contributed by atoms with Crippen LogP contribution in [0.4, 0.5) is 0 Å². The van der Waals surface area contributed by atoms with Crippen LogP contribution in [0.2, 0.25) is 0 Å². The molecule has 1 aliphatic carbocycles. The number of nitrogens with zero attached hydrogens (tertiary/aromatic N) is 3. The zero-order chi connectivity index (χ0) is 38.8. The lowest BCUT2D eigenvalue weighted by Gasteiger charge is -2.21. The van der Waals surface area contributed by atoms with Crippen LogP contribution >= 0.6 is 0 Å². The molecule has 274 valence electrons. The average Bonchev–Trinajstić information content (AvgIpc) is 3.74. The van der Waals surface area contributed by atoms with E-state index in [2.05, 4.69) is 194 Å². The number of hydrogen-bond acceptors (Lipinski definition) is 2. The fourth-order valence-corrected chi connectivity index (χ4v) is 9.19. The number of rotatable bonds is 6. The van der Waals surface area contributed by atoms with E-state index in [1.807, 2.05) is 24.3 Å². The normalized spacial score (nSPS) is 12.8. The third kappa shape index (κ3) is 5.43. The Balaban J connectivity index is 1.19. The molecule has 0 amide bonds. The van der Waals surface area contributed by atoms with Gasteiger partial charge in [-0.05, 0) is 69.3 Å². The first-order valence-electron chi connectivity index (χ1n) is 20.0. The molecule has 3 heteroatoms. The molecule has 2 aromatic heterocycles. The quantitative estimate of drug-likeness (QED) is 0.170. The molecular formula is C55H39N3. The minimum Gasteiger partial charge on any atom is -0.308 e. The molecular weight excluding hydrogens is 703 g/mol. The van der Waals surface area contributed by atoms with Gasteiger partial charge in [0.2, 0.25) is 0 Å². The fraction of sp³-hybridized carbons (Fsp3) is 0.0545. The van der Waals surface area contributed by atoms with Crippen molar-refractivity contribution in [2.24, 2.45) is 0 Å². The molecule has 8 aromatic carbocycles. The molecule has 0 unspecified atom stereocenters. The van der Waals surface area contributed by atoms with E-state index in [4.69, 9.17) is 9.97 Å². The second kappa shape index (κ2) is 13.4. The maximum absolute atomic E-state index is 5.34. The van der Waals surface area contributed by atoms with Crippen molar-refractivity contribution in [3.63, 3.8) is 0 Å². The van der Waals surface area contributed by atoms with E-state index in [0.717, 1.165) is 44.8 Å². The summed E-state index contributed by atoms with van der Waals surface area (Å²) in [5.41, 5.74) is 18.3. The van der Waals surface area contributed by atoms with Gasteiger partial charge in [-0.25, -0.2) is 9.97 Å². The zero-order valence-corrected chi connectivity index (χ0v) is 32.4. The summed E-state index contributed by atoms with van der Waals surface area (Å²) in [5.74, 6) is 0.699. The van der Waals surface area contributed by atoms with Crippen molar-refractivity contribution in [3.05, 3.63) is 211 Å². The Hall–Kier alpha value is -7.36. The second-order valence-corrected chi connectivity index (χ2v) is 15.8. The monoisotopic (exact) mass is 741 g/mol. The Morgan fingerprint density at radius 1 is 0.379 bits per heavy atom. The maximum Gasteiger partial charge on any atom is 0.160 e. The van der Waals surface area contributed by atoms with Crippen molar-refractivity contribution >= 4 is 21.8 Å². The Kier molecular flexibility index (Phi) is 7.84. The standard InChI is InChI=1S/C55H39N3/c1-55(2)47-27-14-12-24-42(47)45-33-39(29-31-48(45)55)40-30-32-52-46(34-40)43-25-16-26-44(53(43)58(52)51-28-15-13-23-41(51)36-17-6-3-7-18-36)50-35-49(37-19-8-4-9-20-37)56-54(57-50)38-21-10-5-11-22-38/h3-35H,1-2H3.